The number of aliphatic hydroxyl groups excluding tert-OH is 1. The van der Waals surface area contributed by atoms with Crippen LogP contribution in [0.1, 0.15) is 36.0 Å². The Morgan fingerprint density at radius 3 is 2.68 bits per heavy atom. The molecule has 0 radical (unpaired) electrons. The Labute approximate surface area is 146 Å². The number of hydrogen-bond donors (Lipinski definition) is 3. The van der Waals surface area contributed by atoms with Gasteiger partial charge < -0.3 is 20.3 Å². The van der Waals surface area contributed by atoms with Gasteiger partial charge in [0.1, 0.15) is 0 Å². The van der Waals surface area contributed by atoms with E-state index in [9.17, 15) is 14.7 Å². The predicted octanol–water partition coefficient (Wildman–Crippen LogP) is 1.49. The van der Waals surface area contributed by atoms with Gasteiger partial charge in [0.05, 0.1) is 11.7 Å². The van der Waals surface area contributed by atoms with Crippen molar-refractivity contribution >= 4 is 16.8 Å². The highest BCUT2D eigenvalue weighted by atomic mass is 16.3. The van der Waals surface area contributed by atoms with E-state index >= 15 is 0 Å². The van der Waals surface area contributed by atoms with Crippen LogP contribution < -0.4 is 10.9 Å². The summed E-state index contributed by atoms with van der Waals surface area (Å²) in [6, 6.07) is 8.50. The maximum Gasteiger partial charge on any atom is 0.252 e. The van der Waals surface area contributed by atoms with E-state index in [1.54, 1.807) is 12.1 Å². The summed E-state index contributed by atoms with van der Waals surface area (Å²) >= 11 is 0. The molecule has 1 aromatic heterocycles. The van der Waals surface area contributed by atoms with E-state index in [1.165, 1.54) is 18.9 Å². The second kappa shape index (κ2) is 8.27. The van der Waals surface area contributed by atoms with E-state index in [4.69, 9.17) is 0 Å². The number of aromatic nitrogens is 1. The molecule has 1 aliphatic rings. The maximum absolute atomic E-state index is 12.5. The fraction of sp³-hybridized carbons (Fsp3) is 0.474. The molecule has 1 fully saturated rings. The number of hydrogen-bond acceptors (Lipinski definition) is 4. The van der Waals surface area contributed by atoms with E-state index in [2.05, 4.69) is 15.2 Å². The molecule has 0 unspecified atom stereocenters. The number of pyridine rings is 1. The highest BCUT2D eigenvalue weighted by Crippen LogP contribution is 2.14. The summed E-state index contributed by atoms with van der Waals surface area (Å²) in [4.78, 5) is 29.2. The third kappa shape index (κ3) is 4.67. The molecule has 1 aromatic carbocycles. The van der Waals surface area contributed by atoms with Crippen LogP contribution in [0.3, 0.4) is 0 Å². The lowest BCUT2D eigenvalue weighted by Gasteiger charge is -2.23. The molecule has 134 valence electrons. The fourth-order valence-corrected chi connectivity index (χ4v) is 3.38. The number of aliphatic hydroxyl groups is 1. The molecular weight excluding hydrogens is 318 g/mol. The van der Waals surface area contributed by atoms with Crippen molar-refractivity contribution in [1.29, 1.82) is 0 Å². The van der Waals surface area contributed by atoms with Crippen molar-refractivity contribution in [2.24, 2.45) is 0 Å². The number of rotatable bonds is 5. The SMILES string of the molecule is O=C(NC[C@@H](O)CN1CCCCCC1)c1cc(=O)[nH]c2ccccc12. The molecule has 0 saturated carbocycles. The molecule has 2 aromatic rings. The molecule has 1 amide bonds. The average molecular weight is 343 g/mol. The molecule has 3 rings (SSSR count). The van der Waals surface area contributed by atoms with Crippen LogP contribution in [0.5, 0.6) is 0 Å². The first-order valence-corrected chi connectivity index (χ1v) is 8.94. The van der Waals surface area contributed by atoms with Crippen LogP contribution in [0.2, 0.25) is 0 Å². The van der Waals surface area contributed by atoms with Crippen LogP contribution in [0.25, 0.3) is 10.9 Å². The predicted molar refractivity (Wildman–Crippen MR) is 97.8 cm³/mol. The summed E-state index contributed by atoms with van der Waals surface area (Å²) in [5.41, 5.74) is 0.653. The van der Waals surface area contributed by atoms with Gasteiger partial charge in [-0.1, -0.05) is 31.0 Å². The highest BCUT2D eigenvalue weighted by molar-refractivity contribution is 6.05. The minimum Gasteiger partial charge on any atom is -0.390 e. The van der Waals surface area contributed by atoms with Crippen LogP contribution >= 0.6 is 0 Å². The van der Waals surface area contributed by atoms with E-state index in [1.807, 2.05) is 12.1 Å². The largest absolute Gasteiger partial charge is 0.390 e. The molecule has 0 aliphatic carbocycles. The van der Waals surface area contributed by atoms with Gasteiger partial charge in [-0.2, -0.15) is 0 Å². The Balaban J connectivity index is 1.61. The van der Waals surface area contributed by atoms with Crippen LogP contribution in [0.4, 0.5) is 0 Å². The summed E-state index contributed by atoms with van der Waals surface area (Å²) in [6.07, 6.45) is 4.21. The molecule has 1 atom stereocenters. The van der Waals surface area contributed by atoms with Gasteiger partial charge >= 0.3 is 0 Å². The van der Waals surface area contributed by atoms with Crippen molar-refractivity contribution in [3.63, 3.8) is 0 Å². The minimum atomic E-state index is -0.615. The zero-order valence-corrected chi connectivity index (χ0v) is 14.3. The quantitative estimate of drug-likeness (QED) is 0.768. The van der Waals surface area contributed by atoms with Gasteiger partial charge in [-0.05, 0) is 32.0 Å². The molecule has 0 bridgehead atoms. The normalized spacial score (nSPS) is 17.2. The third-order valence-electron chi connectivity index (χ3n) is 4.66. The monoisotopic (exact) mass is 343 g/mol. The molecule has 0 spiro atoms. The fourth-order valence-electron chi connectivity index (χ4n) is 3.38. The van der Waals surface area contributed by atoms with Crippen LogP contribution in [0, 0.1) is 0 Å². The molecule has 1 aliphatic heterocycles. The van der Waals surface area contributed by atoms with Gasteiger partial charge in [-0.3, -0.25) is 9.59 Å². The first-order valence-electron chi connectivity index (χ1n) is 8.94. The van der Waals surface area contributed by atoms with Crippen molar-refractivity contribution < 1.29 is 9.90 Å². The molecule has 1 saturated heterocycles. The van der Waals surface area contributed by atoms with Crippen molar-refractivity contribution in [2.75, 3.05) is 26.2 Å². The molecule has 3 N–H and O–H groups in total. The Hall–Kier alpha value is -2.18. The number of amides is 1. The average Bonchev–Trinajstić information content (AvgIpc) is 2.87. The molecule has 6 nitrogen and oxygen atoms in total. The minimum absolute atomic E-state index is 0.177. The van der Waals surface area contributed by atoms with Crippen molar-refractivity contribution in [2.45, 2.75) is 31.8 Å². The summed E-state index contributed by atoms with van der Waals surface area (Å²) in [7, 11) is 0. The number of carbonyl (C=O) groups is 1. The Bertz CT molecular complexity index is 779. The van der Waals surface area contributed by atoms with Gasteiger partial charge in [0, 0.05) is 30.1 Å². The standard InChI is InChI=1S/C19H25N3O3/c23-14(13-22-9-5-1-2-6-10-22)12-20-19(25)16-11-18(24)21-17-8-4-3-7-15(16)17/h3-4,7-8,11,14,23H,1-2,5-6,9-10,12-13H2,(H,20,25)(H,21,24)/t14-/m1/s1. The van der Waals surface area contributed by atoms with Crippen molar-refractivity contribution in [3.8, 4) is 0 Å². The number of likely N-dealkylation sites (tertiary alicyclic amines) is 1. The number of benzene rings is 1. The third-order valence-corrected chi connectivity index (χ3v) is 4.66. The van der Waals surface area contributed by atoms with E-state index in [0.29, 0.717) is 23.0 Å². The van der Waals surface area contributed by atoms with E-state index in [0.717, 1.165) is 25.9 Å². The van der Waals surface area contributed by atoms with Gasteiger partial charge in [0.25, 0.3) is 5.91 Å². The highest BCUT2D eigenvalue weighted by Gasteiger charge is 2.16. The maximum atomic E-state index is 12.5. The number of fused-ring (bicyclic) bond motifs is 1. The number of H-pyrrole nitrogens is 1. The number of nitrogens with zero attached hydrogens (tertiary/aromatic N) is 1. The first kappa shape index (κ1) is 17.6. The van der Waals surface area contributed by atoms with Crippen molar-refractivity contribution in [1.82, 2.24) is 15.2 Å². The summed E-state index contributed by atoms with van der Waals surface area (Å²) < 4.78 is 0. The lowest BCUT2D eigenvalue weighted by atomic mass is 10.1. The van der Waals surface area contributed by atoms with E-state index in [-0.39, 0.29) is 18.0 Å². The van der Waals surface area contributed by atoms with Crippen LogP contribution in [-0.4, -0.2) is 53.2 Å². The summed E-state index contributed by atoms with van der Waals surface area (Å²) in [5.74, 6) is -0.336. The van der Waals surface area contributed by atoms with Crippen LogP contribution in [-0.2, 0) is 0 Å². The number of carbonyl (C=O) groups excluding carboxylic acids is 1. The Morgan fingerprint density at radius 1 is 1.20 bits per heavy atom. The zero-order chi connectivity index (χ0) is 17.6. The number of nitrogens with one attached hydrogen (secondary N) is 2. The summed E-state index contributed by atoms with van der Waals surface area (Å²) in [6.45, 7) is 2.75. The molecule has 25 heavy (non-hydrogen) atoms. The van der Waals surface area contributed by atoms with Gasteiger partial charge in [0.2, 0.25) is 5.56 Å². The smallest absolute Gasteiger partial charge is 0.252 e. The van der Waals surface area contributed by atoms with Gasteiger partial charge in [0.15, 0.2) is 0 Å². The second-order valence-corrected chi connectivity index (χ2v) is 6.67. The summed E-state index contributed by atoms with van der Waals surface area (Å²) in [5, 5.41) is 13.7. The molecular formula is C19H25N3O3. The lowest BCUT2D eigenvalue weighted by molar-refractivity contribution is 0.0864. The second-order valence-electron chi connectivity index (χ2n) is 6.67. The number of aromatic amines is 1. The molecule has 2 heterocycles. The Kier molecular flexibility index (Phi) is 5.83. The van der Waals surface area contributed by atoms with Gasteiger partial charge in [-0.15, -0.1) is 0 Å². The first-order chi connectivity index (χ1) is 12.1. The topological polar surface area (TPSA) is 85.4 Å². The zero-order valence-electron chi connectivity index (χ0n) is 14.3. The number of para-hydroxylation sites is 1. The molecule has 6 heteroatoms. The van der Waals surface area contributed by atoms with E-state index < -0.39 is 6.10 Å². The Morgan fingerprint density at radius 2 is 1.92 bits per heavy atom. The number of β-amino-alcohol motifs (C(OH)–C–C–N with tert-alkyl or cyclic N) is 1. The van der Waals surface area contributed by atoms with Crippen molar-refractivity contribution in [3.05, 3.63) is 46.2 Å². The van der Waals surface area contributed by atoms with Gasteiger partial charge in [-0.25, -0.2) is 0 Å². The van der Waals surface area contributed by atoms with Crippen LogP contribution in [0.15, 0.2) is 35.1 Å². The lowest BCUT2D eigenvalue weighted by Crippen LogP contribution is -2.40.